The van der Waals surface area contributed by atoms with Crippen LogP contribution in [0.25, 0.3) is 0 Å². The zero-order chi connectivity index (χ0) is 20.8. The largest absolute Gasteiger partial charge is 0.492 e. The summed E-state index contributed by atoms with van der Waals surface area (Å²) in [5.74, 6) is 0.462. The predicted octanol–water partition coefficient (Wildman–Crippen LogP) is 2.89. The quantitative estimate of drug-likeness (QED) is 0.526. The first-order valence-electron chi connectivity index (χ1n) is 9.52. The molecule has 0 aromatic heterocycles. The lowest BCUT2D eigenvalue weighted by Crippen LogP contribution is -2.38. The standard InChI is InChI=1S/C21H25N3O5/c1-16-3-6-18(7-4-16)29-14-9-22(2)21(25)19-15-17(24(26)27)5-8-20(19)23-10-12-28-13-11-23/h3-8,15H,9-14H2,1-2H3. The summed E-state index contributed by atoms with van der Waals surface area (Å²) in [6.07, 6.45) is 0. The fourth-order valence-corrected chi connectivity index (χ4v) is 3.13. The van der Waals surface area contributed by atoms with Crippen molar-refractivity contribution in [2.24, 2.45) is 0 Å². The summed E-state index contributed by atoms with van der Waals surface area (Å²) in [7, 11) is 1.67. The van der Waals surface area contributed by atoms with Gasteiger partial charge in [0.05, 0.1) is 35.9 Å². The van der Waals surface area contributed by atoms with Gasteiger partial charge in [0.15, 0.2) is 0 Å². The molecule has 0 unspecified atom stereocenters. The van der Waals surface area contributed by atoms with Crippen molar-refractivity contribution in [2.75, 3.05) is 51.4 Å². The van der Waals surface area contributed by atoms with Crippen molar-refractivity contribution in [3.05, 3.63) is 63.7 Å². The average Bonchev–Trinajstić information content (AvgIpc) is 2.74. The fraction of sp³-hybridized carbons (Fsp3) is 0.381. The summed E-state index contributed by atoms with van der Waals surface area (Å²) >= 11 is 0. The van der Waals surface area contributed by atoms with Crippen LogP contribution in [0, 0.1) is 17.0 Å². The monoisotopic (exact) mass is 399 g/mol. The molecular weight excluding hydrogens is 374 g/mol. The molecule has 0 atom stereocenters. The van der Waals surface area contributed by atoms with Crippen LogP contribution in [0.1, 0.15) is 15.9 Å². The Morgan fingerprint density at radius 2 is 1.90 bits per heavy atom. The van der Waals surface area contributed by atoms with Crippen molar-refractivity contribution < 1.29 is 19.2 Å². The summed E-state index contributed by atoms with van der Waals surface area (Å²) in [5.41, 5.74) is 2.05. The van der Waals surface area contributed by atoms with E-state index in [0.29, 0.717) is 50.7 Å². The van der Waals surface area contributed by atoms with Gasteiger partial charge in [-0.3, -0.25) is 14.9 Å². The molecule has 1 amide bonds. The predicted molar refractivity (Wildman–Crippen MR) is 110 cm³/mol. The second-order valence-corrected chi connectivity index (χ2v) is 6.95. The summed E-state index contributed by atoms with van der Waals surface area (Å²) < 4.78 is 11.1. The summed E-state index contributed by atoms with van der Waals surface area (Å²) in [4.78, 5) is 27.3. The molecule has 2 aromatic carbocycles. The number of anilines is 1. The van der Waals surface area contributed by atoms with Gasteiger partial charge in [0, 0.05) is 32.3 Å². The highest BCUT2D eigenvalue weighted by atomic mass is 16.6. The molecule has 1 heterocycles. The van der Waals surface area contributed by atoms with E-state index >= 15 is 0 Å². The number of nitro benzene ring substituents is 1. The van der Waals surface area contributed by atoms with E-state index in [9.17, 15) is 14.9 Å². The molecule has 0 radical (unpaired) electrons. The summed E-state index contributed by atoms with van der Waals surface area (Å²) in [6.45, 7) is 5.08. The van der Waals surface area contributed by atoms with Gasteiger partial charge in [-0.05, 0) is 25.1 Å². The Labute approximate surface area is 169 Å². The van der Waals surface area contributed by atoms with Crippen LogP contribution >= 0.6 is 0 Å². The molecule has 0 bridgehead atoms. The molecule has 0 spiro atoms. The van der Waals surface area contributed by atoms with E-state index in [4.69, 9.17) is 9.47 Å². The van der Waals surface area contributed by atoms with Crippen LogP contribution in [0.3, 0.4) is 0 Å². The molecule has 1 saturated heterocycles. The molecule has 0 aliphatic carbocycles. The molecule has 2 aromatic rings. The van der Waals surface area contributed by atoms with Gasteiger partial charge >= 0.3 is 0 Å². The number of aryl methyl sites for hydroxylation is 1. The van der Waals surface area contributed by atoms with E-state index in [2.05, 4.69) is 0 Å². The number of nitrogens with zero attached hydrogens (tertiary/aromatic N) is 3. The van der Waals surface area contributed by atoms with Crippen LogP contribution < -0.4 is 9.64 Å². The first-order chi connectivity index (χ1) is 14.0. The van der Waals surface area contributed by atoms with Crippen molar-refractivity contribution in [3.63, 3.8) is 0 Å². The third kappa shape index (κ3) is 5.23. The molecule has 3 rings (SSSR count). The van der Waals surface area contributed by atoms with Crippen LogP contribution in [0.5, 0.6) is 5.75 Å². The molecule has 8 nitrogen and oxygen atoms in total. The number of nitro groups is 1. The van der Waals surface area contributed by atoms with E-state index in [1.54, 1.807) is 13.1 Å². The van der Waals surface area contributed by atoms with E-state index in [1.165, 1.54) is 17.0 Å². The Hall–Kier alpha value is -3.13. The lowest BCUT2D eigenvalue weighted by atomic mass is 10.1. The number of hydrogen-bond acceptors (Lipinski definition) is 6. The molecule has 1 fully saturated rings. The van der Waals surface area contributed by atoms with Crippen molar-refractivity contribution in [3.8, 4) is 5.75 Å². The van der Waals surface area contributed by atoms with Gasteiger partial charge in [-0.15, -0.1) is 0 Å². The van der Waals surface area contributed by atoms with Crippen molar-refractivity contribution >= 4 is 17.3 Å². The van der Waals surface area contributed by atoms with Gasteiger partial charge in [0.2, 0.25) is 0 Å². The maximum Gasteiger partial charge on any atom is 0.270 e. The van der Waals surface area contributed by atoms with Crippen LogP contribution in [-0.4, -0.2) is 62.2 Å². The highest BCUT2D eigenvalue weighted by Crippen LogP contribution is 2.27. The normalized spacial score (nSPS) is 13.8. The molecule has 1 aliphatic rings. The van der Waals surface area contributed by atoms with E-state index in [1.807, 2.05) is 36.1 Å². The Morgan fingerprint density at radius 1 is 1.21 bits per heavy atom. The second kappa shape index (κ2) is 9.38. The topological polar surface area (TPSA) is 85.1 Å². The van der Waals surface area contributed by atoms with Gasteiger partial charge in [0.25, 0.3) is 11.6 Å². The number of amides is 1. The van der Waals surface area contributed by atoms with Crippen LogP contribution in [0.15, 0.2) is 42.5 Å². The number of rotatable bonds is 7. The average molecular weight is 399 g/mol. The zero-order valence-electron chi connectivity index (χ0n) is 16.7. The molecular formula is C21H25N3O5. The lowest BCUT2D eigenvalue weighted by molar-refractivity contribution is -0.384. The lowest BCUT2D eigenvalue weighted by Gasteiger charge is -2.31. The fourth-order valence-electron chi connectivity index (χ4n) is 3.13. The number of hydrogen-bond donors (Lipinski definition) is 0. The zero-order valence-corrected chi connectivity index (χ0v) is 16.7. The molecule has 8 heteroatoms. The van der Waals surface area contributed by atoms with Crippen LogP contribution in [-0.2, 0) is 4.74 Å². The first kappa shape index (κ1) is 20.6. The van der Waals surface area contributed by atoms with Gasteiger partial charge in [0.1, 0.15) is 12.4 Å². The number of carbonyl (C=O) groups excluding carboxylic acids is 1. The van der Waals surface area contributed by atoms with Crippen LogP contribution in [0.2, 0.25) is 0 Å². The third-order valence-electron chi connectivity index (χ3n) is 4.84. The SMILES string of the molecule is Cc1ccc(OCCN(C)C(=O)c2cc([N+](=O)[O-])ccc2N2CCOCC2)cc1. The number of likely N-dealkylation sites (N-methyl/N-ethyl adjacent to an activating group) is 1. The Kier molecular flexibility index (Phi) is 6.66. The highest BCUT2D eigenvalue weighted by Gasteiger charge is 2.24. The smallest absolute Gasteiger partial charge is 0.270 e. The number of ether oxygens (including phenoxy) is 2. The van der Waals surface area contributed by atoms with E-state index < -0.39 is 4.92 Å². The minimum atomic E-state index is -0.486. The van der Waals surface area contributed by atoms with Crippen molar-refractivity contribution in [1.29, 1.82) is 0 Å². The number of carbonyl (C=O) groups is 1. The summed E-state index contributed by atoms with van der Waals surface area (Å²) in [5, 5.41) is 11.2. The van der Waals surface area contributed by atoms with Gasteiger partial charge < -0.3 is 19.3 Å². The summed E-state index contributed by atoms with van der Waals surface area (Å²) in [6, 6.07) is 12.1. The molecule has 1 aliphatic heterocycles. The molecule has 0 saturated carbocycles. The number of non-ortho nitro benzene ring substituents is 1. The minimum Gasteiger partial charge on any atom is -0.492 e. The van der Waals surface area contributed by atoms with E-state index in [-0.39, 0.29) is 11.6 Å². The van der Waals surface area contributed by atoms with Crippen molar-refractivity contribution in [2.45, 2.75) is 6.92 Å². The minimum absolute atomic E-state index is 0.102. The molecule has 154 valence electrons. The number of benzene rings is 2. The van der Waals surface area contributed by atoms with Gasteiger partial charge in [-0.1, -0.05) is 17.7 Å². The Morgan fingerprint density at radius 3 is 2.55 bits per heavy atom. The first-order valence-corrected chi connectivity index (χ1v) is 9.52. The third-order valence-corrected chi connectivity index (χ3v) is 4.84. The molecule has 0 N–H and O–H groups in total. The number of morpholine rings is 1. The van der Waals surface area contributed by atoms with Crippen molar-refractivity contribution in [1.82, 2.24) is 4.90 Å². The second-order valence-electron chi connectivity index (χ2n) is 6.95. The van der Waals surface area contributed by atoms with E-state index in [0.717, 1.165) is 11.3 Å². The maximum absolute atomic E-state index is 13.1. The highest BCUT2D eigenvalue weighted by molar-refractivity contribution is 6.00. The maximum atomic E-state index is 13.1. The molecule has 29 heavy (non-hydrogen) atoms. The van der Waals surface area contributed by atoms with Crippen LogP contribution in [0.4, 0.5) is 11.4 Å². The van der Waals surface area contributed by atoms with Gasteiger partial charge in [-0.2, -0.15) is 0 Å². The Bertz CT molecular complexity index is 863. The van der Waals surface area contributed by atoms with Gasteiger partial charge in [-0.25, -0.2) is 0 Å². The Balaban J connectivity index is 1.72.